The van der Waals surface area contributed by atoms with Crippen molar-refractivity contribution in [3.8, 4) is 34.1 Å². The molecule has 6 heteroatoms. The average molecular weight is 856 g/mol. The van der Waals surface area contributed by atoms with Crippen LogP contribution in [0.1, 0.15) is 65.3 Å². The van der Waals surface area contributed by atoms with Crippen molar-refractivity contribution in [2.45, 2.75) is 64.7 Å². The van der Waals surface area contributed by atoms with E-state index in [0.29, 0.717) is 0 Å². The maximum Gasteiger partial charge on any atom is 0.145 e. The molecule has 320 valence electrons. The third kappa shape index (κ3) is 5.36. The summed E-state index contributed by atoms with van der Waals surface area (Å²) in [6.07, 6.45) is 4.02. The van der Waals surface area contributed by atoms with E-state index in [1.165, 1.54) is 60.5 Å². The zero-order valence-electron chi connectivity index (χ0n) is 38.3. The van der Waals surface area contributed by atoms with Gasteiger partial charge in [-0.25, -0.2) is 9.97 Å². The molecule has 0 aliphatic carbocycles. The molecule has 1 aliphatic rings. The first-order valence-electron chi connectivity index (χ1n) is 23.1. The highest BCUT2D eigenvalue weighted by Crippen LogP contribution is 2.51. The maximum atomic E-state index is 6.87. The van der Waals surface area contributed by atoms with Crippen molar-refractivity contribution in [2.75, 3.05) is 0 Å². The number of nitrogens with zero attached hydrogens (tertiary/aromatic N) is 5. The molecule has 7 aromatic carbocycles. The van der Waals surface area contributed by atoms with E-state index in [2.05, 4.69) is 226 Å². The first-order chi connectivity index (χ1) is 31.9. The molecule has 0 fully saturated rings. The minimum atomic E-state index is -0.122. The lowest BCUT2D eigenvalue weighted by molar-refractivity contribution is 0.288. The second-order valence-corrected chi connectivity index (χ2v) is 20.4. The molecule has 6 heterocycles. The van der Waals surface area contributed by atoms with Crippen molar-refractivity contribution in [3.05, 3.63) is 187 Å². The number of pyridine rings is 2. The van der Waals surface area contributed by atoms with E-state index in [1.54, 1.807) is 0 Å². The van der Waals surface area contributed by atoms with Crippen molar-refractivity contribution < 1.29 is 4.74 Å². The van der Waals surface area contributed by atoms with Crippen LogP contribution in [0.5, 0.6) is 11.5 Å². The highest BCUT2D eigenvalue weighted by molar-refractivity contribution is 6.15. The Kier molecular flexibility index (Phi) is 7.88. The summed E-state index contributed by atoms with van der Waals surface area (Å²) in [7, 11) is 0. The van der Waals surface area contributed by atoms with Gasteiger partial charge in [0.05, 0.1) is 27.6 Å². The Morgan fingerprint density at radius 1 is 0.485 bits per heavy atom. The Hall–Kier alpha value is -7.70. The van der Waals surface area contributed by atoms with Gasteiger partial charge in [-0.05, 0) is 118 Å². The molecule has 1 aliphatic heterocycles. The van der Waals surface area contributed by atoms with E-state index in [0.717, 1.165) is 61.4 Å². The summed E-state index contributed by atoms with van der Waals surface area (Å²) in [5.74, 6) is 2.40. The number of rotatable bonds is 5. The van der Waals surface area contributed by atoms with E-state index >= 15 is 0 Å². The van der Waals surface area contributed by atoms with Gasteiger partial charge in [0.2, 0.25) is 0 Å². The van der Waals surface area contributed by atoms with Crippen LogP contribution in [0.3, 0.4) is 0 Å². The van der Waals surface area contributed by atoms with E-state index in [9.17, 15) is 0 Å². The minimum absolute atomic E-state index is 0.0469. The standard InChI is InChI=1S/C60H49N5O/c1-58(2,3)38-28-29-61-55(32-38)64-52-27-21-37(36-20-26-51-46(30-36)43-16-11-12-19-50(43)63(51)39-14-9-8-10-15-39)31-47(52)44-25-23-41(34-53(44)64)66-40-22-24-42-45-17-13-18-49-56(45)65-54(60(6,7)59(49,4)5)35-62-57(65)48(42)33-40/h8-35H,1-7H3. The lowest BCUT2D eigenvalue weighted by Crippen LogP contribution is -2.44. The SMILES string of the molecule is CC(C)(C)c1ccnc(-n2c3ccc(-c4ccc5c(c4)c4ccccc4n5-c4ccccc4)cc3c3ccc(Oc4ccc5c(c4)c4ncc6n4c4c(cccc54)C(C)(C)C6(C)C)cc32)c1. The van der Waals surface area contributed by atoms with Gasteiger partial charge in [-0.2, -0.15) is 0 Å². The smallest absolute Gasteiger partial charge is 0.145 e. The van der Waals surface area contributed by atoms with Crippen LogP contribution in [0.2, 0.25) is 0 Å². The fourth-order valence-corrected chi connectivity index (χ4v) is 11.0. The summed E-state index contributed by atoms with van der Waals surface area (Å²) in [5, 5.41) is 8.25. The first-order valence-corrected chi connectivity index (χ1v) is 23.1. The maximum absolute atomic E-state index is 6.87. The molecule has 0 saturated heterocycles. The van der Waals surface area contributed by atoms with Crippen LogP contribution in [0.25, 0.3) is 93.6 Å². The fourth-order valence-electron chi connectivity index (χ4n) is 11.0. The second-order valence-electron chi connectivity index (χ2n) is 20.4. The average Bonchev–Trinajstić information content (AvgIpc) is 4.02. The Morgan fingerprint density at radius 2 is 1.14 bits per heavy atom. The molecule has 0 amide bonds. The second kappa shape index (κ2) is 13.4. The van der Waals surface area contributed by atoms with Crippen molar-refractivity contribution in [2.24, 2.45) is 0 Å². The molecule has 0 spiro atoms. The number of aromatic nitrogens is 5. The lowest BCUT2D eigenvalue weighted by Gasteiger charge is -2.45. The number of imidazole rings is 1. The topological polar surface area (TPSA) is 49.3 Å². The highest BCUT2D eigenvalue weighted by Gasteiger charge is 2.46. The molecule has 0 bridgehead atoms. The van der Waals surface area contributed by atoms with Gasteiger partial charge < -0.3 is 9.30 Å². The summed E-state index contributed by atoms with van der Waals surface area (Å²) >= 11 is 0. The van der Waals surface area contributed by atoms with E-state index in [4.69, 9.17) is 14.7 Å². The molecule has 5 aromatic heterocycles. The molecule has 0 atom stereocenters. The number of hydrogen-bond acceptors (Lipinski definition) is 3. The fraction of sp³-hybridized carbons (Fsp3) is 0.167. The number of hydrogen-bond donors (Lipinski definition) is 0. The van der Waals surface area contributed by atoms with Crippen LogP contribution >= 0.6 is 0 Å². The molecule has 0 unspecified atom stereocenters. The molecule has 6 nitrogen and oxygen atoms in total. The van der Waals surface area contributed by atoms with Crippen LogP contribution < -0.4 is 4.74 Å². The van der Waals surface area contributed by atoms with Crippen molar-refractivity contribution >= 4 is 70.9 Å². The molecular weight excluding hydrogens is 807 g/mol. The predicted octanol–water partition coefficient (Wildman–Crippen LogP) is 15.6. The number of fused-ring (bicyclic) bond motifs is 9. The van der Waals surface area contributed by atoms with Gasteiger partial charge in [0.1, 0.15) is 23.0 Å². The molecule has 12 aromatic rings. The normalized spacial score (nSPS) is 14.5. The largest absolute Gasteiger partial charge is 0.457 e. The Morgan fingerprint density at radius 3 is 1.89 bits per heavy atom. The van der Waals surface area contributed by atoms with Gasteiger partial charge in [-0.3, -0.25) is 8.97 Å². The number of benzene rings is 7. The molecule has 0 radical (unpaired) electrons. The van der Waals surface area contributed by atoms with Crippen molar-refractivity contribution in [3.63, 3.8) is 0 Å². The predicted molar refractivity (Wildman–Crippen MR) is 273 cm³/mol. The number of para-hydroxylation sites is 3. The third-order valence-electron chi connectivity index (χ3n) is 15.3. The van der Waals surface area contributed by atoms with Crippen molar-refractivity contribution in [1.29, 1.82) is 0 Å². The zero-order valence-corrected chi connectivity index (χ0v) is 38.3. The van der Waals surface area contributed by atoms with Gasteiger partial charge in [0.25, 0.3) is 0 Å². The molecule has 66 heavy (non-hydrogen) atoms. The van der Waals surface area contributed by atoms with Gasteiger partial charge in [0.15, 0.2) is 0 Å². The molecular formula is C60H49N5O. The first kappa shape index (κ1) is 38.7. The Balaban J connectivity index is 0.963. The van der Waals surface area contributed by atoms with Crippen molar-refractivity contribution in [1.82, 2.24) is 23.5 Å². The summed E-state index contributed by atoms with van der Waals surface area (Å²) in [6.45, 7) is 16.2. The summed E-state index contributed by atoms with van der Waals surface area (Å²) < 4.78 is 13.9. The Labute approximate surface area is 383 Å². The van der Waals surface area contributed by atoms with Crippen LogP contribution in [0.4, 0.5) is 0 Å². The molecule has 0 saturated carbocycles. The van der Waals surface area contributed by atoms with Crippen LogP contribution in [0.15, 0.2) is 170 Å². The third-order valence-corrected chi connectivity index (χ3v) is 15.3. The molecule has 0 N–H and O–H groups in total. The van der Waals surface area contributed by atoms with E-state index in [1.807, 2.05) is 6.20 Å². The zero-order chi connectivity index (χ0) is 44.9. The lowest BCUT2D eigenvalue weighted by atomic mass is 9.61. The summed E-state index contributed by atoms with van der Waals surface area (Å²) in [5.41, 5.74) is 13.8. The van der Waals surface area contributed by atoms with Gasteiger partial charge in [-0.1, -0.05) is 115 Å². The van der Waals surface area contributed by atoms with Gasteiger partial charge in [0, 0.05) is 73.0 Å². The quantitative estimate of drug-likeness (QED) is 0.162. The Bertz CT molecular complexity index is 4010. The number of ether oxygens (including phenoxy) is 1. The summed E-state index contributed by atoms with van der Waals surface area (Å²) in [6, 6.07) is 57.2. The minimum Gasteiger partial charge on any atom is -0.457 e. The van der Waals surface area contributed by atoms with Gasteiger partial charge in [-0.15, -0.1) is 0 Å². The summed E-state index contributed by atoms with van der Waals surface area (Å²) in [4.78, 5) is 10.1. The van der Waals surface area contributed by atoms with E-state index in [-0.39, 0.29) is 16.2 Å². The van der Waals surface area contributed by atoms with Gasteiger partial charge >= 0.3 is 0 Å². The van der Waals surface area contributed by atoms with E-state index < -0.39 is 0 Å². The highest BCUT2D eigenvalue weighted by atomic mass is 16.5. The van der Waals surface area contributed by atoms with Crippen LogP contribution in [-0.2, 0) is 16.2 Å². The monoisotopic (exact) mass is 855 g/mol. The van der Waals surface area contributed by atoms with Crippen LogP contribution in [-0.4, -0.2) is 23.5 Å². The van der Waals surface area contributed by atoms with Crippen LogP contribution in [0, 0.1) is 0 Å². The molecule has 13 rings (SSSR count).